The minimum absolute atomic E-state index is 0.0939. The van der Waals surface area contributed by atoms with Gasteiger partial charge in [0.15, 0.2) is 5.89 Å². The first kappa shape index (κ1) is 22.3. The molecule has 2 heteroatoms. The zero-order valence-corrected chi connectivity index (χ0v) is 18.6. The van der Waals surface area contributed by atoms with Crippen molar-refractivity contribution in [2.24, 2.45) is 23.2 Å². The van der Waals surface area contributed by atoms with Crippen molar-refractivity contribution in [3.63, 3.8) is 0 Å². The lowest BCUT2D eigenvalue weighted by atomic mass is 9.68. The Hall–Kier alpha value is -0.790. The van der Waals surface area contributed by atoms with Crippen molar-refractivity contribution in [2.45, 2.75) is 106 Å². The normalized spacial score (nSPS) is 22.1. The fraction of sp³-hybridized carbons (Fsp3) is 0.870. The van der Waals surface area contributed by atoms with Crippen molar-refractivity contribution in [3.05, 3.63) is 17.8 Å². The highest BCUT2D eigenvalue weighted by Gasteiger charge is 2.30. The maximum atomic E-state index is 5.34. The summed E-state index contributed by atoms with van der Waals surface area (Å²) in [6, 6.07) is 0. The van der Waals surface area contributed by atoms with Crippen LogP contribution in [0.3, 0.4) is 0 Å². The van der Waals surface area contributed by atoms with Gasteiger partial charge in [0.2, 0.25) is 0 Å². The molecule has 146 valence electrons. The van der Waals surface area contributed by atoms with E-state index in [0.29, 0.717) is 11.3 Å². The van der Waals surface area contributed by atoms with Crippen LogP contribution in [0, 0.1) is 23.2 Å². The Morgan fingerprint density at radius 1 is 0.920 bits per heavy atom. The summed E-state index contributed by atoms with van der Waals surface area (Å²) in [5, 5.41) is 0. The highest BCUT2D eigenvalue weighted by molar-refractivity contribution is 5.09. The molecule has 1 fully saturated rings. The van der Waals surface area contributed by atoms with Gasteiger partial charge in [-0.25, -0.2) is 4.98 Å². The summed E-state index contributed by atoms with van der Waals surface area (Å²) < 4.78 is 5.34. The lowest BCUT2D eigenvalue weighted by Crippen LogP contribution is -2.27. The van der Waals surface area contributed by atoms with Gasteiger partial charge in [-0.1, -0.05) is 69.2 Å². The molecule has 1 heterocycles. The summed E-state index contributed by atoms with van der Waals surface area (Å²) in [7, 11) is 0. The molecule has 25 heavy (non-hydrogen) atoms. The summed E-state index contributed by atoms with van der Waals surface area (Å²) in [5.41, 5.74) is 1.67. The standard InChI is InChI=1S/C13H26.C10H17NO/c1-10(2)11-6-8-12(9-7-11)13(3,4)5;1-7(2)9-11-8(6-12-9)10(3,4)5/h10-12H,6-9H2,1-5H3;6-7H,1-5H3. The van der Waals surface area contributed by atoms with Gasteiger partial charge in [-0.05, 0) is 48.9 Å². The van der Waals surface area contributed by atoms with Crippen molar-refractivity contribution >= 4 is 0 Å². The predicted octanol–water partition coefficient (Wildman–Crippen LogP) is 7.59. The van der Waals surface area contributed by atoms with Gasteiger partial charge in [-0.3, -0.25) is 0 Å². The van der Waals surface area contributed by atoms with Crippen molar-refractivity contribution < 1.29 is 4.42 Å². The first-order valence-electron chi connectivity index (χ1n) is 10.3. The Balaban J connectivity index is 0.000000251. The number of hydrogen-bond acceptors (Lipinski definition) is 2. The molecule has 0 atom stereocenters. The van der Waals surface area contributed by atoms with E-state index in [1.54, 1.807) is 6.26 Å². The minimum atomic E-state index is 0.0939. The number of rotatable bonds is 2. The average molecular weight is 350 g/mol. The van der Waals surface area contributed by atoms with Gasteiger partial charge in [-0.2, -0.15) is 0 Å². The largest absolute Gasteiger partial charge is 0.448 e. The third-order valence-electron chi connectivity index (χ3n) is 5.72. The van der Waals surface area contributed by atoms with Crippen LogP contribution in [0.25, 0.3) is 0 Å². The molecular weight excluding hydrogens is 306 g/mol. The summed E-state index contributed by atoms with van der Waals surface area (Å²) >= 11 is 0. The number of hydrogen-bond donors (Lipinski definition) is 0. The summed E-state index contributed by atoms with van der Waals surface area (Å²) in [6.45, 7) is 22.5. The van der Waals surface area contributed by atoms with Crippen molar-refractivity contribution in [2.75, 3.05) is 0 Å². The van der Waals surface area contributed by atoms with Gasteiger partial charge < -0.3 is 4.42 Å². The van der Waals surface area contributed by atoms with Crippen LogP contribution in [0.4, 0.5) is 0 Å². The summed E-state index contributed by atoms with van der Waals surface area (Å²) in [4.78, 5) is 4.41. The van der Waals surface area contributed by atoms with Crippen molar-refractivity contribution in [1.82, 2.24) is 4.98 Å². The molecule has 0 saturated heterocycles. The lowest BCUT2D eigenvalue weighted by molar-refractivity contribution is 0.132. The van der Waals surface area contributed by atoms with Crippen LogP contribution < -0.4 is 0 Å². The molecule has 0 unspecified atom stereocenters. The molecule has 0 aromatic carbocycles. The zero-order chi connectivity index (χ0) is 19.4. The van der Waals surface area contributed by atoms with Gasteiger partial charge in [0, 0.05) is 11.3 Å². The minimum Gasteiger partial charge on any atom is -0.448 e. The lowest BCUT2D eigenvalue weighted by Gasteiger charge is -2.38. The van der Waals surface area contributed by atoms with E-state index >= 15 is 0 Å². The van der Waals surface area contributed by atoms with Crippen LogP contribution in [0.2, 0.25) is 0 Å². The summed E-state index contributed by atoms with van der Waals surface area (Å²) in [6.07, 6.45) is 7.63. The van der Waals surface area contributed by atoms with E-state index in [9.17, 15) is 0 Å². The molecule has 1 aliphatic carbocycles. The molecule has 0 radical (unpaired) electrons. The molecule has 2 nitrogen and oxygen atoms in total. The number of aromatic nitrogens is 1. The predicted molar refractivity (Wildman–Crippen MR) is 109 cm³/mol. The van der Waals surface area contributed by atoms with E-state index in [1.807, 2.05) is 0 Å². The Labute approximate surface area is 157 Å². The zero-order valence-electron chi connectivity index (χ0n) is 18.6. The van der Waals surface area contributed by atoms with E-state index < -0.39 is 0 Å². The van der Waals surface area contributed by atoms with Crippen LogP contribution >= 0.6 is 0 Å². The van der Waals surface area contributed by atoms with Crippen molar-refractivity contribution in [3.8, 4) is 0 Å². The molecule has 0 spiro atoms. The molecule has 1 aliphatic rings. The maximum absolute atomic E-state index is 5.34. The Kier molecular flexibility index (Phi) is 7.77. The number of oxazole rings is 1. The Bertz CT molecular complexity index is 491. The number of nitrogens with zero attached hydrogens (tertiary/aromatic N) is 1. The summed E-state index contributed by atoms with van der Waals surface area (Å²) in [5.74, 6) is 4.10. The van der Waals surface area contributed by atoms with Crippen LogP contribution in [-0.2, 0) is 5.41 Å². The van der Waals surface area contributed by atoms with Gasteiger partial charge in [0.1, 0.15) is 6.26 Å². The average Bonchev–Trinajstić information content (AvgIpc) is 2.97. The van der Waals surface area contributed by atoms with Gasteiger partial charge in [0.25, 0.3) is 0 Å². The second kappa shape index (κ2) is 8.73. The monoisotopic (exact) mass is 349 g/mol. The van der Waals surface area contributed by atoms with Crippen LogP contribution in [0.5, 0.6) is 0 Å². The second-order valence-corrected chi connectivity index (χ2v) is 10.7. The van der Waals surface area contributed by atoms with E-state index in [1.165, 1.54) is 25.7 Å². The second-order valence-electron chi connectivity index (χ2n) is 10.7. The molecule has 0 bridgehead atoms. The highest BCUT2D eigenvalue weighted by atomic mass is 16.3. The highest BCUT2D eigenvalue weighted by Crippen LogP contribution is 2.41. The molecule has 2 rings (SSSR count). The van der Waals surface area contributed by atoms with Gasteiger partial charge >= 0.3 is 0 Å². The molecule has 0 N–H and O–H groups in total. The van der Waals surface area contributed by atoms with Crippen molar-refractivity contribution in [1.29, 1.82) is 0 Å². The van der Waals surface area contributed by atoms with E-state index in [4.69, 9.17) is 4.42 Å². The maximum Gasteiger partial charge on any atom is 0.196 e. The molecule has 1 aromatic heterocycles. The van der Waals surface area contributed by atoms with Crippen LogP contribution in [-0.4, -0.2) is 4.98 Å². The van der Waals surface area contributed by atoms with Crippen LogP contribution in [0.1, 0.15) is 112 Å². The molecule has 0 aliphatic heterocycles. The van der Waals surface area contributed by atoms with Gasteiger partial charge in [-0.15, -0.1) is 0 Å². The first-order chi connectivity index (χ1) is 11.3. The fourth-order valence-electron chi connectivity index (χ4n) is 3.55. The third-order valence-corrected chi connectivity index (χ3v) is 5.72. The Morgan fingerprint density at radius 3 is 1.72 bits per heavy atom. The smallest absolute Gasteiger partial charge is 0.196 e. The molecule has 0 amide bonds. The van der Waals surface area contributed by atoms with E-state index in [2.05, 4.69) is 74.2 Å². The first-order valence-corrected chi connectivity index (χ1v) is 10.3. The topological polar surface area (TPSA) is 26.0 Å². The third kappa shape index (κ3) is 7.15. The van der Waals surface area contributed by atoms with Crippen LogP contribution in [0.15, 0.2) is 10.7 Å². The Morgan fingerprint density at radius 2 is 1.44 bits per heavy atom. The molecule has 1 saturated carbocycles. The quantitative estimate of drug-likeness (QED) is 0.549. The van der Waals surface area contributed by atoms with E-state index in [-0.39, 0.29) is 5.41 Å². The molecular formula is C23H43NO. The SMILES string of the molecule is CC(C)C1CCC(C(C)(C)C)CC1.CC(C)c1nc(C(C)(C)C)co1. The molecule has 1 aromatic rings. The van der Waals surface area contributed by atoms with Gasteiger partial charge in [0.05, 0.1) is 5.69 Å². The fourth-order valence-corrected chi connectivity index (χ4v) is 3.55. The van der Waals surface area contributed by atoms with E-state index in [0.717, 1.165) is 29.3 Å².